The van der Waals surface area contributed by atoms with Gasteiger partial charge in [0.15, 0.2) is 0 Å². The molecule has 0 aromatic heterocycles. The highest BCUT2D eigenvalue weighted by molar-refractivity contribution is 7.89. The van der Waals surface area contributed by atoms with E-state index in [1.807, 2.05) is 0 Å². The Bertz CT molecular complexity index is 859. The molecule has 0 amide bonds. The molecular formula is C21H28N2O3S. The predicted molar refractivity (Wildman–Crippen MR) is 107 cm³/mol. The SMILES string of the molecule is Cc1cccc(CN(CCOc2ccc(S(=O)(=O)N(C)C)cc2)C2CC2)c1. The van der Waals surface area contributed by atoms with Gasteiger partial charge in [0, 0.05) is 33.2 Å². The molecule has 0 N–H and O–H groups in total. The van der Waals surface area contributed by atoms with Gasteiger partial charge < -0.3 is 4.74 Å². The maximum atomic E-state index is 12.1. The van der Waals surface area contributed by atoms with Crippen LogP contribution in [0.25, 0.3) is 0 Å². The first-order chi connectivity index (χ1) is 12.9. The van der Waals surface area contributed by atoms with Crippen molar-refractivity contribution >= 4 is 10.0 Å². The first kappa shape index (κ1) is 19.9. The van der Waals surface area contributed by atoms with Crippen LogP contribution in [-0.2, 0) is 16.6 Å². The molecule has 0 saturated heterocycles. The number of ether oxygens (including phenoxy) is 1. The number of aryl methyl sites for hydroxylation is 1. The van der Waals surface area contributed by atoms with Crippen molar-refractivity contribution < 1.29 is 13.2 Å². The summed E-state index contributed by atoms with van der Waals surface area (Å²) in [5.41, 5.74) is 2.62. The van der Waals surface area contributed by atoms with Gasteiger partial charge in [-0.3, -0.25) is 4.90 Å². The molecule has 1 aliphatic carbocycles. The van der Waals surface area contributed by atoms with Gasteiger partial charge in [0.2, 0.25) is 10.0 Å². The lowest BCUT2D eigenvalue weighted by Crippen LogP contribution is -2.30. The van der Waals surface area contributed by atoms with Crippen LogP contribution in [0.1, 0.15) is 24.0 Å². The minimum Gasteiger partial charge on any atom is -0.492 e. The molecule has 1 aliphatic rings. The van der Waals surface area contributed by atoms with Gasteiger partial charge in [-0.25, -0.2) is 12.7 Å². The topological polar surface area (TPSA) is 49.9 Å². The summed E-state index contributed by atoms with van der Waals surface area (Å²) in [7, 11) is -0.343. The molecule has 0 heterocycles. The van der Waals surface area contributed by atoms with Gasteiger partial charge in [0.1, 0.15) is 12.4 Å². The van der Waals surface area contributed by atoms with E-state index in [0.29, 0.717) is 18.4 Å². The molecule has 0 spiro atoms. The molecule has 0 atom stereocenters. The van der Waals surface area contributed by atoms with E-state index in [-0.39, 0.29) is 4.90 Å². The summed E-state index contributed by atoms with van der Waals surface area (Å²) in [6, 6.07) is 15.9. The summed E-state index contributed by atoms with van der Waals surface area (Å²) in [6.45, 7) is 4.50. The molecule has 2 aromatic carbocycles. The molecule has 3 rings (SSSR count). The Morgan fingerprint density at radius 3 is 2.37 bits per heavy atom. The summed E-state index contributed by atoms with van der Waals surface area (Å²) >= 11 is 0. The number of rotatable bonds is 9. The van der Waals surface area contributed by atoms with E-state index in [1.165, 1.54) is 42.4 Å². The van der Waals surface area contributed by atoms with Crippen LogP contribution in [0.3, 0.4) is 0 Å². The maximum absolute atomic E-state index is 12.1. The molecule has 1 saturated carbocycles. The smallest absolute Gasteiger partial charge is 0.242 e. The number of sulfonamides is 1. The second kappa shape index (κ2) is 8.42. The zero-order valence-corrected chi connectivity index (χ0v) is 17.1. The molecule has 0 bridgehead atoms. The van der Waals surface area contributed by atoms with Gasteiger partial charge in [0.05, 0.1) is 4.90 Å². The monoisotopic (exact) mass is 388 g/mol. The van der Waals surface area contributed by atoms with Crippen molar-refractivity contribution in [2.45, 2.75) is 37.2 Å². The minimum absolute atomic E-state index is 0.277. The Labute approximate surface area is 162 Å². The highest BCUT2D eigenvalue weighted by Gasteiger charge is 2.28. The highest BCUT2D eigenvalue weighted by Crippen LogP contribution is 2.28. The Morgan fingerprint density at radius 1 is 1.07 bits per heavy atom. The van der Waals surface area contributed by atoms with Gasteiger partial charge in [-0.1, -0.05) is 29.8 Å². The third-order valence-electron chi connectivity index (χ3n) is 4.78. The van der Waals surface area contributed by atoms with Gasteiger partial charge in [0.25, 0.3) is 0 Å². The van der Waals surface area contributed by atoms with E-state index >= 15 is 0 Å². The molecule has 0 radical (unpaired) electrons. The van der Waals surface area contributed by atoms with E-state index in [2.05, 4.69) is 36.1 Å². The summed E-state index contributed by atoms with van der Waals surface area (Å²) in [5.74, 6) is 0.694. The lowest BCUT2D eigenvalue weighted by atomic mass is 10.1. The predicted octanol–water partition coefficient (Wildman–Crippen LogP) is 3.29. The fourth-order valence-electron chi connectivity index (χ4n) is 3.07. The summed E-state index contributed by atoms with van der Waals surface area (Å²) < 4.78 is 31.3. The Kier molecular flexibility index (Phi) is 6.19. The summed E-state index contributed by atoms with van der Waals surface area (Å²) in [6.07, 6.45) is 2.51. The number of benzene rings is 2. The Balaban J connectivity index is 1.54. The largest absolute Gasteiger partial charge is 0.492 e. The molecule has 5 nitrogen and oxygen atoms in total. The van der Waals surface area contributed by atoms with E-state index < -0.39 is 10.0 Å². The van der Waals surface area contributed by atoms with Crippen LogP contribution in [0.5, 0.6) is 5.75 Å². The van der Waals surface area contributed by atoms with E-state index in [0.717, 1.165) is 13.1 Å². The average Bonchev–Trinajstić information content (AvgIpc) is 3.46. The second-order valence-electron chi connectivity index (χ2n) is 7.30. The van der Waals surface area contributed by atoms with Crippen molar-refractivity contribution in [3.63, 3.8) is 0 Å². The molecule has 0 aliphatic heterocycles. The molecule has 2 aromatic rings. The van der Waals surface area contributed by atoms with E-state index in [9.17, 15) is 8.42 Å². The lowest BCUT2D eigenvalue weighted by Gasteiger charge is -2.22. The molecule has 0 unspecified atom stereocenters. The first-order valence-electron chi connectivity index (χ1n) is 9.31. The van der Waals surface area contributed by atoms with Gasteiger partial charge in [-0.05, 0) is 49.6 Å². The van der Waals surface area contributed by atoms with Gasteiger partial charge in [-0.15, -0.1) is 0 Å². The van der Waals surface area contributed by atoms with Crippen molar-refractivity contribution in [1.29, 1.82) is 0 Å². The van der Waals surface area contributed by atoms with E-state index in [1.54, 1.807) is 24.3 Å². The van der Waals surface area contributed by atoms with Crippen molar-refractivity contribution in [3.8, 4) is 5.75 Å². The lowest BCUT2D eigenvalue weighted by molar-refractivity contribution is 0.195. The molecular weight excluding hydrogens is 360 g/mol. The van der Waals surface area contributed by atoms with Crippen LogP contribution in [-0.4, -0.2) is 50.9 Å². The quantitative estimate of drug-likeness (QED) is 0.661. The normalized spacial score (nSPS) is 14.7. The highest BCUT2D eigenvalue weighted by atomic mass is 32.2. The van der Waals surface area contributed by atoms with Gasteiger partial charge in [-0.2, -0.15) is 0 Å². The number of hydrogen-bond donors (Lipinski definition) is 0. The standard InChI is InChI=1S/C21H28N2O3S/c1-17-5-4-6-18(15-17)16-23(19-7-8-19)13-14-26-20-9-11-21(12-10-20)27(24,25)22(2)3/h4-6,9-12,15,19H,7-8,13-14,16H2,1-3H3. The van der Waals surface area contributed by atoms with Crippen LogP contribution < -0.4 is 4.74 Å². The molecule has 6 heteroatoms. The molecule has 146 valence electrons. The minimum atomic E-state index is -3.40. The van der Waals surface area contributed by atoms with Crippen molar-refractivity contribution in [2.24, 2.45) is 0 Å². The third kappa shape index (κ3) is 5.31. The maximum Gasteiger partial charge on any atom is 0.242 e. The zero-order chi connectivity index (χ0) is 19.4. The second-order valence-corrected chi connectivity index (χ2v) is 9.45. The number of hydrogen-bond acceptors (Lipinski definition) is 4. The first-order valence-corrected chi connectivity index (χ1v) is 10.8. The Hall–Kier alpha value is -1.89. The average molecular weight is 389 g/mol. The van der Waals surface area contributed by atoms with Crippen molar-refractivity contribution in [2.75, 3.05) is 27.2 Å². The molecule has 27 heavy (non-hydrogen) atoms. The number of nitrogens with zero attached hydrogens (tertiary/aromatic N) is 2. The van der Waals surface area contributed by atoms with Crippen LogP contribution in [0.15, 0.2) is 53.4 Å². The fourth-order valence-corrected chi connectivity index (χ4v) is 3.98. The summed E-state index contributed by atoms with van der Waals surface area (Å²) in [5, 5.41) is 0. The van der Waals surface area contributed by atoms with Crippen LogP contribution in [0.2, 0.25) is 0 Å². The van der Waals surface area contributed by atoms with Crippen LogP contribution in [0.4, 0.5) is 0 Å². The van der Waals surface area contributed by atoms with Crippen molar-refractivity contribution in [1.82, 2.24) is 9.21 Å². The Morgan fingerprint density at radius 2 is 1.78 bits per heavy atom. The summed E-state index contributed by atoms with van der Waals surface area (Å²) in [4.78, 5) is 2.75. The third-order valence-corrected chi connectivity index (χ3v) is 6.61. The van der Waals surface area contributed by atoms with Crippen LogP contribution >= 0.6 is 0 Å². The zero-order valence-electron chi connectivity index (χ0n) is 16.3. The fraction of sp³-hybridized carbons (Fsp3) is 0.429. The van der Waals surface area contributed by atoms with Gasteiger partial charge >= 0.3 is 0 Å². The van der Waals surface area contributed by atoms with E-state index in [4.69, 9.17) is 4.74 Å². The molecule has 1 fully saturated rings. The van der Waals surface area contributed by atoms with Crippen LogP contribution in [0, 0.1) is 6.92 Å². The van der Waals surface area contributed by atoms with Crippen molar-refractivity contribution in [3.05, 3.63) is 59.7 Å².